The van der Waals surface area contributed by atoms with E-state index in [2.05, 4.69) is 27.3 Å². The number of fused-ring (bicyclic) bond motifs is 1. The molecule has 148 valence electrons. The third-order valence-electron chi connectivity index (χ3n) is 4.84. The van der Waals surface area contributed by atoms with Gasteiger partial charge in [0, 0.05) is 42.6 Å². The van der Waals surface area contributed by atoms with Gasteiger partial charge in [0.25, 0.3) is 5.69 Å². The van der Waals surface area contributed by atoms with E-state index >= 15 is 0 Å². The number of benzene rings is 2. The van der Waals surface area contributed by atoms with E-state index in [0.29, 0.717) is 10.7 Å². The van der Waals surface area contributed by atoms with Crippen molar-refractivity contribution in [2.75, 3.05) is 11.9 Å². The first-order valence-corrected chi connectivity index (χ1v) is 10.2. The first-order chi connectivity index (χ1) is 14.1. The number of para-hydroxylation sites is 1. The monoisotopic (exact) mass is 408 g/mol. The van der Waals surface area contributed by atoms with Crippen molar-refractivity contribution in [1.29, 1.82) is 0 Å². The fraction of sp³-hybridized carbons (Fsp3) is 0.238. The van der Waals surface area contributed by atoms with Crippen molar-refractivity contribution < 1.29 is 9.72 Å². The van der Waals surface area contributed by atoms with Gasteiger partial charge in [0.1, 0.15) is 0 Å². The van der Waals surface area contributed by atoms with Crippen molar-refractivity contribution in [2.45, 2.75) is 25.9 Å². The lowest BCUT2D eigenvalue weighted by atomic mass is 10.1. The van der Waals surface area contributed by atoms with Crippen LogP contribution in [-0.4, -0.2) is 27.3 Å². The van der Waals surface area contributed by atoms with Crippen LogP contribution in [0.15, 0.2) is 54.6 Å². The van der Waals surface area contributed by atoms with Gasteiger partial charge in [-0.25, -0.2) is 4.98 Å². The van der Waals surface area contributed by atoms with E-state index in [9.17, 15) is 14.9 Å². The second-order valence-electron chi connectivity index (χ2n) is 6.95. The number of hydrogen-bond donors (Lipinski definition) is 1. The van der Waals surface area contributed by atoms with Crippen molar-refractivity contribution >= 4 is 28.1 Å². The Balaban J connectivity index is 1.39. The van der Waals surface area contributed by atoms with Gasteiger partial charge in [-0.3, -0.25) is 19.8 Å². The molecule has 0 aliphatic carbocycles. The summed E-state index contributed by atoms with van der Waals surface area (Å²) in [6.45, 7) is 2.62. The van der Waals surface area contributed by atoms with Crippen LogP contribution in [0.4, 0.5) is 10.8 Å². The molecule has 1 aliphatic heterocycles. The minimum atomic E-state index is -0.466. The Morgan fingerprint density at radius 1 is 1.17 bits per heavy atom. The molecule has 0 fully saturated rings. The largest absolute Gasteiger partial charge is 0.302 e. The highest BCUT2D eigenvalue weighted by Gasteiger charge is 2.22. The van der Waals surface area contributed by atoms with Gasteiger partial charge in [-0.1, -0.05) is 48.5 Å². The molecule has 2 heterocycles. The van der Waals surface area contributed by atoms with Crippen LogP contribution in [0.5, 0.6) is 0 Å². The van der Waals surface area contributed by atoms with Gasteiger partial charge in [0.05, 0.1) is 17.0 Å². The normalized spacial score (nSPS) is 13.7. The lowest BCUT2D eigenvalue weighted by Crippen LogP contribution is -2.29. The number of amides is 1. The Hall–Kier alpha value is -3.10. The molecule has 1 aromatic heterocycles. The molecule has 0 saturated carbocycles. The number of nitrogens with zero attached hydrogens (tertiary/aromatic N) is 3. The summed E-state index contributed by atoms with van der Waals surface area (Å²) in [6.07, 6.45) is 0.792. The molecule has 7 nitrogen and oxygen atoms in total. The summed E-state index contributed by atoms with van der Waals surface area (Å²) in [6, 6.07) is 16.6. The topological polar surface area (TPSA) is 88.4 Å². The molecule has 8 heteroatoms. The zero-order valence-electron chi connectivity index (χ0n) is 15.7. The third-order valence-corrected chi connectivity index (χ3v) is 5.84. The van der Waals surface area contributed by atoms with Crippen LogP contribution in [0.1, 0.15) is 21.7 Å². The molecule has 0 saturated heterocycles. The summed E-state index contributed by atoms with van der Waals surface area (Å²) in [5.74, 6) is -0.300. The Morgan fingerprint density at radius 2 is 1.93 bits per heavy atom. The fourth-order valence-electron chi connectivity index (χ4n) is 3.45. The molecule has 29 heavy (non-hydrogen) atoms. The van der Waals surface area contributed by atoms with E-state index in [1.165, 1.54) is 23.0 Å². The second-order valence-corrected chi connectivity index (χ2v) is 8.03. The molecule has 1 N–H and O–H groups in total. The van der Waals surface area contributed by atoms with Gasteiger partial charge in [0.15, 0.2) is 5.13 Å². The molecule has 1 amide bonds. The average molecular weight is 408 g/mol. The van der Waals surface area contributed by atoms with E-state index in [0.717, 1.165) is 36.6 Å². The van der Waals surface area contributed by atoms with Gasteiger partial charge in [-0.15, -0.1) is 11.3 Å². The number of carbonyl (C=O) groups is 1. The molecule has 1 aliphatic rings. The highest BCUT2D eigenvalue weighted by atomic mass is 32.1. The second kappa shape index (κ2) is 8.50. The number of rotatable bonds is 6. The molecule has 0 bridgehead atoms. The van der Waals surface area contributed by atoms with Gasteiger partial charge in [-0.05, 0) is 5.56 Å². The van der Waals surface area contributed by atoms with Crippen LogP contribution in [-0.2, 0) is 30.7 Å². The van der Waals surface area contributed by atoms with Gasteiger partial charge < -0.3 is 5.32 Å². The van der Waals surface area contributed by atoms with Crippen LogP contribution in [0.3, 0.4) is 0 Å². The fourth-order valence-corrected chi connectivity index (χ4v) is 4.52. The Labute approximate surface area is 172 Å². The summed E-state index contributed by atoms with van der Waals surface area (Å²) < 4.78 is 0. The van der Waals surface area contributed by atoms with Gasteiger partial charge in [0.2, 0.25) is 5.91 Å². The maximum Gasteiger partial charge on any atom is 0.273 e. The van der Waals surface area contributed by atoms with Crippen molar-refractivity contribution in [2.24, 2.45) is 0 Å². The molecule has 0 unspecified atom stereocenters. The summed E-state index contributed by atoms with van der Waals surface area (Å²) in [7, 11) is 0. The number of nitro groups is 1. The minimum Gasteiger partial charge on any atom is -0.302 e. The van der Waals surface area contributed by atoms with Crippen LogP contribution < -0.4 is 5.32 Å². The van der Waals surface area contributed by atoms with Gasteiger partial charge >= 0.3 is 0 Å². The molecule has 0 radical (unpaired) electrons. The van der Waals surface area contributed by atoms with Crippen LogP contribution >= 0.6 is 11.3 Å². The van der Waals surface area contributed by atoms with Gasteiger partial charge in [-0.2, -0.15) is 0 Å². The van der Waals surface area contributed by atoms with Crippen molar-refractivity contribution in [3.63, 3.8) is 0 Å². The lowest BCUT2D eigenvalue weighted by molar-refractivity contribution is -0.385. The maximum absolute atomic E-state index is 12.4. The average Bonchev–Trinajstić information content (AvgIpc) is 3.10. The molecule has 4 rings (SSSR count). The van der Waals surface area contributed by atoms with Crippen LogP contribution in [0.2, 0.25) is 0 Å². The summed E-state index contributed by atoms with van der Waals surface area (Å²) in [4.78, 5) is 31.1. The van der Waals surface area contributed by atoms with Crippen molar-refractivity contribution in [3.8, 4) is 0 Å². The molecule has 0 atom stereocenters. The number of nitrogens with one attached hydrogen (secondary N) is 1. The van der Waals surface area contributed by atoms with E-state index in [-0.39, 0.29) is 18.0 Å². The molecular formula is C21H20N4O3S. The van der Waals surface area contributed by atoms with E-state index in [1.807, 2.05) is 18.2 Å². The standard InChI is InChI=1S/C21H20N4O3S/c26-20(12-16-8-4-5-9-18(16)25(27)28)23-21-22-17-10-11-24(14-19(17)29-21)13-15-6-2-1-3-7-15/h1-9H,10-14H2,(H,22,23,26). The van der Waals surface area contributed by atoms with E-state index in [1.54, 1.807) is 18.2 Å². The van der Waals surface area contributed by atoms with Crippen molar-refractivity contribution in [3.05, 3.63) is 86.4 Å². The SMILES string of the molecule is O=C(Cc1ccccc1[N+](=O)[O-])Nc1nc2c(s1)CN(Cc1ccccc1)CC2. The summed E-state index contributed by atoms with van der Waals surface area (Å²) in [5, 5.41) is 14.5. The maximum atomic E-state index is 12.4. The van der Waals surface area contributed by atoms with E-state index in [4.69, 9.17) is 0 Å². The highest BCUT2D eigenvalue weighted by Crippen LogP contribution is 2.29. The Bertz CT molecular complexity index is 1040. The van der Waals surface area contributed by atoms with E-state index < -0.39 is 4.92 Å². The zero-order chi connectivity index (χ0) is 20.2. The zero-order valence-corrected chi connectivity index (χ0v) is 16.5. The predicted octanol–water partition coefficient (Wildman–Crippen LogP) is 3.79. The summed E-state index contributed by atoms with van der Waals surface area (Å²) in [5.41, 5.74) is 2.65. The number of anilines is 1. The van der Waals surface area contributed by atoms with Crippen LogP contribution in [0.25, 0.3) is 0 Å². The van der Waals surface area contributed by atoms with Crippen LogP contribution in [0, 0.1) is 10.1 Å². The van der Waals surface area contributed by atoms with Crippen molar-refractivity contribution in [1.82, 2.24) is 9.88 Å². The number of hydrogen-bond acceptors (Lipinski definition) is 6. The summed E-state index contributed by atoms with van der Waals surface area (Å²) >= 11 is 1.48. The number of nitro benzene ring substituents is 1. The molecule has 0 spiro atoms. The Morgan fingerprint density at radius 3 is 2.72 bits per heavy atom. The molecule has 2 aromatic carbocycles. The Kier molecular flexibility index (Phi) is 5.64. The lowest BCUT2D eigenvalue weighted by Gasteiger charge is -2.25. The number of carbonyl (C=O) groups excluding carboxylic acids is 1. The number of thiazole rings is 1. The first-order valence-electron chi connectivity index (χ1n) is 9.35. The number of aromatic nitrogens is 1. The minimum absolute atomic E-state index is 0.0439. The molecule has 3 aromatic rings. The highest BCUT2D eigenvalue weighted by molar-refractivity contribution is 7.15. The first kappa shape index (κ1) is 19.2. The predicted molar refractivity (Wildman–Crippen MR) is 112 cm³/mol. The third kappa shape index (κ3) is 4.67. The molecular weight excluding hydrogens is 388 g/mol. The smallest absolute Gasteiger partial charge is 0.273 e. The quantitative estimate of drug-likeness (QED) is 0.495.